The van der Waals surface area contributed by atoms with Gasteiger partial charge in [0.05, 0.1) is 13.2 Å². The molecule has 0 aliphatic carbocycles. The molecule has 3 rings (SSSR count). The van der Waals surface area contributed by atoms with Crippen LogP contribution in [0.25, 0.3) is 0 Å². The van der Waals surface area contributed by atoms with Crippen molar-refractivity contribution in [1.82, 2.24) is 4.90 Å². The van der Waals surface area contributed by atoms with Crippen LogP contribution >= 0.6 is 0 Å². The molecular formula is C20H25NO3. The van der Waals surface area contributed by atoms with Crippen molar-refractivity contribution in [3.63, 3.8) is 0 Å². The van der Waals surface area contributed by atoms with E-state index in [1.54, 1.807) is 19.2 Å². The van der Waals surface area contributed by atoms with Crippen LogP contribution in [0.2, 0.25) is 0 Å². The summed E-state index contributed by atoms with van der Waals surface area (Å²) in [5.74, 6) is 1.07. The summed E-state index contributed by atoms with van der Waals surface area (Å²) in [6.45, 7) is 3.22. The fourth-order valence-corrected chi connectivity index (χ4v) is 3.16. The largest absolute Gasteiger partial charge is 0.508 e. The van der Waals surface area contributed by atoms with Gasteiger partial charge in [0, 0.05) is 31.8 Å². The van der Waals surface area contributed by atoms with Gasteiger partial charge in [-0.2, -0.15) is 0 Å². The van der Waals surface area contributed by atoms with Gasteiger partial charge in [-0.1, -0.05) is 30.3 Å². The first-order valence-electron chi connectivity index (χ1n) is 8.48. The molecule has 1 fully saturated rings. The highest BCUT2D eigenvalue weighted by atomic mass is 16.5. The fourth-order valence-electron chi connectivity index (χ4n) is 3.16. The highest BCUT2D eigenvalue weighted by Crippen LogP contribution is 2.25. The normalized spacial score (nSPS) is 17.3. The SMILES string of the molecule is COc1ccc(O)c(CN(Cc2ccccc2)CC2CCCO2)c1. The monoisotopic (exact) mass is 327 g/mol. The van der Waals surface area contributed by atoms with Crippen LogP contribution in [0.5, 0.6) is 11.5 Å². The van der Waals surface area contributed by atoms with Crippen molar-refractivity contribution in [1.29, 1.82) is 0 Å². The number of hydrogen-bond donors (Lipinski definition) is 1. The lowest BCUT2D eigenvalue weighted by atomic mass is 10.1. The number of benzene rings is 2. The Bertz CT molecular complexity index is 639. The van der Waals surface area contributed by atoms with Crippen LogP contribution in [0.15, 0.2) is 48.5 Å². The van der Waals surface area contributed by atoms with E-state index in [0.717, 1.165) is 43.9 Å². The zero-order valence-electron chi connectivity index (χ0n) is 14.1. The highest BCUT2D eigenvalue weighted by molar-refractivity contribution is 5.39. The molecule has 0 radical (unpaired) electrons. The summed E-state index contributed by atoms with van der Waals surface area (Å²) in [4.78, 5) is 2.33. The maximum absolute atomic E-state index is 10.2. The molecule has 4 nitrogen and oxygen atoms in total. The van der Waals surface area contributed by atoms with Gasteiger partial charge in [0.2, 0.25) is 0 Å². The minimum Gasteiger partial charge on any atom is -0.508 e. The Hall–Kier alpha value is -2.04. The van der Waals surface area contributed by atoms with Crippen molar-refractivity contribution in [2.24, 2.45) is 0 Å². The summed E-state index contributed by atoms with van der Waals surface area (Å²) in [5.41, 5.74) is 2.14. The van der Waals surface area contributed by atoms with E-state index >= 15 is 0 Å². The maximum Gasteiger partial charge on any atom is 0.120 e. The molecule has 0 saturated carbocycles. The Morgan fingerprint density at radius 2 is 2.00 bits per heavy atom. The number of methoxy groups -OCH3 is 1. The van der Waals surface area contributed by atoms with Crippen molar-refractivity contribution in [3.8, 4) is 11.5 Å². The third kappa shape index (κ3) is 4.49. The second-order valence-corrected chi connectivity index (χ2v) is 6.28. The van der Waals surface area contributed by atoms with Crippen molar-refractivity contribution >= 4 is 0 Å². The van der Waals surface area contributed by atoms with Gasteiger partial charge >= 0.3 is 0 Å². The Morgan fingerprint density at radius 1 is 1.17 bits per heavy atom. The van der Waals surface area contributed by atoms with Gasteiger partial charge in [-0.05, 0) is 36.6 Å². The molecule has 1 aliphatic heterocycles. The second kappa shape index (κ2) is 8.18. The quantitative estimate of drug-likeness (QED) is 0.844. The molecule has 1 heterocycles. The molecule has 2 aromatic rings. The summed E-state index contributed by atoms with van der Waals surface area (Å²) >= 11 is 0. The predicted octanol–water partition coefficient (Wildman–Crippen LogP) is 3.58. The first-order valence-corrected chi connectivity index (χ1v) is 8.48. The van der Waals surface area contributed by atoms with E-state index in [0.29, 0.717) is 12.3 Å². The smallest absolute Gasteiger partial charge is 0.120 e. The lowest BCUT2D eigenvalue weighted by Gasteiger charge is -2.26. The fraction of sp³-hybridized carbons (Fsp3) is 0.400. The minimum absolute atomic E-state index is 0.279. The molecule has 128 valence electrons. The number of phenols is 1. The van der Waals surface area contributed by atoms with E-state index in [9.17, 15) is 5.11 Å². The molecule has 4 heteroatoms. The van der Waals surface area contributed by atoms with Gasteiger partial charge in [0.1, 0.15) is 11.5 Å². The van der Waals surface area contributed by atoms with Crippen molar-refractivity contribution in [3.05, 3.63) is 59.7 Å². The number of nitrogens with zero attached hydrogens (tertiary/aromatic N) is 1. The number of ether oxygens (including phenoxy) is 2. The van der Waals surface area contributed by atoms with Gasteiger partial charge in [0.25, 0.3) is 0 Å². The average Bonchev–Trinajstić information content (AvgIpc) is 3.11. The van der Waals surface area contributed by atoms with Crippen LogP contribution in [-0.2, 0) is 17.8 Å². The number of phenolic OH excluding ortho intramolecular Hbond substituents is 1. The van der Waals surface area contributed by atoms with Gasteiger partial charge in [-0.25, -0.2) is 0 Å². The van der Waals surface area contributed by atoms with Crippen LogP contribution in [0.4, 0.5) is 0 Å². The summed E-state index contributed by atoms with van der Waals surface area (Å²) in [7, 11) is 1.64. The predicted molar refractivity (Wildman–Crippen MR) is 94.2 cm³/mol. The number of rotatable bonds is 7. The summed E-state index contributed by atoms with van der Waals surface area (Å²) in [6, 6.07) is 15.8. The Kier molecular flexibility index (Phi) is 5.72. The van der Waals surface area contributed by atoms with Crippen LogP contribution in [0, 0.1) is 0 Å². The highest BCUT2D eigenvalue weighted by Gasteiger charge is 2.20. The van der Waals surface area contributed by atoms with E-state index in [-0.39, 0.29) is 6.10 Å². The van der Waals surface area contributed by atoms with Gasteiger partial charge < -0.3 is 14.6 Å². The van der Waals surface area contributed by atoms with Crippen LogP contribution in [0.1, 0.15) is 24.0 Å². The van der Waals surface area contributed by atoms with Crippen LogP contribution in [0.3, 0.4) is 0 Å². The van der Waals surface area contributed by atoms with E-state index in [4.69, 9.17) is 9.47 Å². The van der Waals surface area contributed by atoms with Crippen molar-refractivity contribution in [2.45, 2.75) is 32.0 Å². The molecule has 0 amide bonds. The van der Waals surface area contributed by atoms with E-state index in [1.165, 1.54) is 5.56 Å². The average molecular weight is 327 g/mol. The van der Waals surface area contributed by atoms with Gasteiger partial charge in [-0.3, -0.25) is 4.90 Å². The number of aromatic hydroxyl groups is 1. The summed E-state index contributed by atoms with van der Waals surface area (Å²) < 4.78 is 11.1. The van der Waals surface area contributed by atoms with Crippen LogP contribution in [-0.4, -0.2) is 36.4 Å². The first kappa shape index (κ1) is 16.8. The molecule has 1 aliphatic rings. The van der Waals surface area contributed by atoms with E-state index < -0.39 is 0 Å². The number of hydrogen-bond acceptors (Lipinski definition) is 4. The molecule has 0 aromatic heterocycles. The molecule has 0 spiro atoms. The Labute approximate surface area is 143 Å². The summed E-state index contributed by atoms with van der Waals surface area (Å²) in [5, 5.41) is 10.2. The zero-order chi connectivity index (χ0) is 16.8. The molecule has 1 saturated heterocycles. The molecule has 1 unspecified atom stereocenters. The van der Waals surface area contributed by atoms with Crippen molar-refractivity contribution in [2.75, 3.05) is 20.3 Å². The molecule has 1 N–H and O–H groups in total. The maximum atomic E-state index is 10.2. The van der Waals surface area contributed by atoms with E-state index in [1.807, 2.05) is 12.1 Å². The molecule has 24 heavy (non-hydrogen) atoms. The Morgan fingerprint density at radius 3 is 2.71 bits per heavy atom. The van der Waals surface area contributed by atoms with Gasteiger partial charge in [-0.15, -0.1) is 0 Å². The molecule has 0 bridgehead atoms. The standard InChI is InChI=1S/C20H25NO3/c1-23-18-9-10-20(22)17(12-18)14-21(15-19-8-5-11-24-19)13-16-6-3-2-4-7-16/h2-4,6-7,9-10,12,19,22H,5,8,11,13-15H2,1H3. The first-order chi connectivity index (χ1) is 11.7. The molecule has 1 atom stereocenters. The lowest BCUT2D eigenvalue weighted by Crippen LogP contribution is -2.31. The van der Waals surface area contributed by atoms with Gasteiger partial charge in [0.15, 0.2) is 0 Å². The lowest BCUT2D eigenvalue weighted by molar-refractivity contribution is 0.0676. The third-order valence-electron chi connectivity index (χ3n) is 4.42. The van der Waals surface area contributed by atoms with Crippen molar-refractivity contribution < 1.29 is 14.6 Å². The topological polar surface area (TPSA) is 41.9 Å². The second-order valence-electron chi connectivity index (χ2n) is 6.28. The minimum atomic E-state index is 0.279. The Balaban J connectivity index is 1.75. The third-order valence-corrected chi connectivity index (χ3v) is 4.42. The summed E-state index contributed by atoms with van der Waals surface area (Å²) in [6.07, 6.45) is 2.52. The zero-order valence-corrected chi connectivity index (χ0v) is 14.1. The van der Waals surface area contributed by atoms with Crippen LogP contribution < -0.4 is 4.74 Å². The van der Waals surface area contributed by atoms with E-state index in [2.05, 4.69) is 29.2 Å². The molecule has 2 aromatic carbocycles. The molecular weight excluding hydrogens is 302 g/mol.